The van der Waals surface area contributed by atoms with Gasteiger partial charge in [-0.3, -0.25) is 4.98 Å². The van der Waals surface area contributed by atoms with E-state index in [0.29, 0.717) is 6.54 Å². The van der Waals surface area contributed by atoms with Gasteiger partial charge in [0.05, 0.1) is 18.4 Å². The average molecular weight is 232 g/mol. The van der Waals surface area contributed by atoms with Crippen molar-refractivity contribution in [1.82, 2.24) is 4.98 Å². The van der Waals surface area contributed by atoms with Crippen molar-refractivity contribution in [3.8, 4) is 5.75 Å². The van der Waals surface area contributed by atoms with Gasteiger partial charge in [0, 0.05) is 12.7 Å². The smallest absolute Gasteiger partial charge is 0.133 e. The van der Waals surface area contributed by atoms with E-state index in [1.54, 1.807) is 24.3 Å². The van der Waals surface area contributed by atoms with Crippen LogP contribution in [0.2, 0.25) is 0 Å². The third kappa shape index (κ3) is 2.93. The lowest BCUT2D eigenvalue weighted by atomic mass is 10.2. The topological polar surface area (TPSA) is 36.4 Å². The van der Waals surface area contributed by atoms with E-state index in [1.165, 1.54) is 18.3 Å². The first-order valence-corrected chi connectivity index (χ1v) is 5.26. The number of aromatic nitrogens is 1. The second-order valence-corrected chi connectivity index (χ2v) is 3.84. The number of anilines is 1. The maximum absolute atomic E-state index is 12.8. The van der Waals surface area contributed by atoms with Crippen molar-refractivity contribution in [3.05, 3.63) is 54.1 Å². The lowest BCUT2D eigenvalue weighted by Gasteiger charge is -2.18. The molecule has 17 heavy (non-hydrogen) atoms. The summed E-state index contributed by atoms with van der Waals surface area (Å²) in [6, 6.07) is 9.65. The van der Waals surface area contributed by atoms with Crippen LogP contribution < -0.4 is 4.90 Å². The molecule has 0 bridgehead atoms. The van der Waals surface area contributed by atoms with Gasteiger partial charge in [0.15, 0.2) is 0 Å². The fourth-order valence-electron chi connectivity index (χ4n) is 1.54. The SMILES string of the molecule is CN(Cc1ccc(O)cn1)c1ccc(F)cc1. The molecule has 88 valence electrons. The monoisotopic (exact) mass is 232 g/mol. The second-order valence-electron chi connectivity index (χ2n) is 3.84. The summed E-state index contributed by atoms with van der Waals surface area (Å²) in [6.45, 7) is 0.603. The van der Waals surface area contributed by atoms with Crippen molar-refractivity contribution >= 4 is 5.69 Å². The molecule has 0 radical (unpaired) electrons. The molecular formula is C13H13FN2O. The van der Waals surface area contributed by atoms with Crippen molar-refractivity contribution in [2.75, 3.05) is 11.9 Å². The Labute approximate surface area is 99.2 Å². The minimum absolute atomic E-state index is 0.151. The third-order valence-electron chi connectivity index (χ3n) is 2.48. The van der Waals surface area contributed by atoms with Crippen LogP contribution in [0, 0.1) is 5.82 Å². The summed E-state index contributed by atoms with van der Waals surface area (Å²) >= 11 is 0. The molecule has 0 aliphatic carbocycles. The third-order valence-corrected chi connectivity index (χ3v) is 2.48. The van der Waals surface area contributed by atoms with Crippen LogP contribution in [-0.4, -0.2) is 17.1 Å². The van der Waals surface area contributed by atoms with E-state index in [-0.39, 0.29) is 11.6 Å². The fraction of sp³-hybridized carbons (Fsp3) is 0.154. The number of aromatic hydroxyl groups is 1. The molecule has 1 aromatic carbocycles. The van der Waals surface area contributed by atoms with E-state index in [1.807, 2.05) is 11.9 Å². The van der Waals surface area contributed by atoms with E-state index in [2.05, 4.69) is 4.98 Å². The Morgan fingerprint density at radius 2 is 1.88 bits per heavy atom. The van der Waals surface area contributed by atoms with Gasteiger partial charge >= 0.3 is 0 Å². The van der Waals surface area contributed by atoms with Crippen LogP contribution in [0.4, 0.5) is 10.1 Å². The van der Waals surface area contributed by atoms with E-state index < -0.39 is 0 Å². The lowest BCUT2D eigenvalue weighted by molar-refractivity contribution is 0.472. The van der Waals surface area contributed by atoms with Crippen molar-refractivity contribution in [3.63, 3.8) is 0 Å². The zero-order valence-electron chi connectivity index (χ0n) is 9.47. The highest BCUT2D eigenvalue weighted by Gasteiger charge is 2.03. The maximum atomic E-state index is 12.8. The molecule has 2 rings (SSSR count). The Balaban J connectivity index is 2.08. The first kappa shape index (κ1) is 11.4. The number of benzene rings is 1. The molecule has 0 saturated heterocycles. The summed E-state index contributed by atoms with van der Waals surface area (Å²) in [5.41, 5.74) is 1.76. The van der Waals surface area contributed by atoms with Gasteiger partial charge in [0.1, 0.15) is 11.6 Å². The minimum Gasteiger partial charge on any atom is -0.506 e. The zero-order valence-corrected chi connectivity index (χ0v) is 9.47. The van der Waals surface area contributed by atoms with Crippen molar-refractivity contribution < 1.29 is 9.50 Å². The molecule has 0 atom stereocenters. The van der Waals surface area contributed by atoms with Crippen LogP contribution in [0.5, 0.6) is 5.75 Å². The summed E-state index contributed by atoms with van der Waals surface area (Å²) < 4.78 is 12.8. The standard InChI is InChI=1S/C13H13FN2O/c1-16(12-5-2-10(14)3-6-12)9-11-4-7-13(17)8-15-11/h2-8,17H,9H2,1H3. The second kappa shape index (κ2) is 4.82. The fourth-order valence-corrected chi connectivity index (χ4v) is 1.54. The highest BCUT2D eigenvalue weighted by Crippen LogP contribution is 2.16. The predicted octanol–water partition coefficient (Wildman–Crippen LogP) is 2.56. The summed E-state index contributed by atoms with van der Waals surface area (Å²) in [5, 5.41) is 9.12. The van der Waals surface area contributed by atoms with Crippen molar-refractivity contribution in [2.45, 2.75) is 6.54 Å². The Morgan fingerprint density at radius 3 is 2.47 bits per heavy atom. The molecule has 0 amide bonds. The highest BCUT2D eigenvalue weighted by atomic mass is 19.1. The largest absolute Gasteiger partial charge is 0.506 e. The number of pyridine rings is 1. The predicted molar refractivity (Wildman–Crippen MR) is 64.4 cm³/mol. The zero-order chi connectivity index (χ0) is 12.3. The van der Waals surface area contributed by atoms with Crippen LogP contribution in [0.3, 0.4) is 0 Å². The normalized spacial score (nSPS) is 10.2. The van der Waals surface area contributed by atoms with Crippen LogP contribution in [0.1, 0.15) is 5.69 Å². The lowest BCUT2D eigenvalue weighted by Crippen LogP contribution is -2.16. The summed E-state index contributed by atoms with van der Waals surface area (Å²) in [6.07, 6.45) is 1.41. The number of nitrogens with zero attached hydrogens (tertiary/aromatic N) is 2. The Bertz CT molecular complexity index is 482. The van der Waals surface area contributed by atoms with Gasteiger partial charge in [0.2, 0.25) is 0 Å². The number of rotatable bonds is 3. The number of halogens is 1. The van der Waals surface area contributed by atoms with Crippen LogP contribution in [0.25, 0.3) is 0 Å². The molecule has 0 aliphatic heterocycles. The Morgan fingerprint density at radius 1 is 1.18 bits per heavy atom. The van der Waals surface area contributed by atoms with E-state index in [4.69, 9.17) is 5.11 Å². The average Bonchev–Trinajstić information content (AvgIpc) is 2.33. The molecule has 0 fully saturated rings. The van der Waals surface area contributed by atoms with E-state index >= 15 is 0 Å². The Hall–Kier alpha value is -2.10. The molecule has 4 heteroatoms. The van der Waals surface area contributed by atoms with E-state index in [9.17, 15) is 4.39 Å². The van der Waals surface area contributed by atoms with Gasteiger partial charge in [-0.2, -0.15) is 0 Å². The number of hydrogen-bond acceptors (Lipinski definition) is 3. The maximum Gasteiger partial charge on any atom is 0.133 e. The van der Waals surface area contributed by atoms with Gasteiger partial charge in [-0.25, -0.2) is 4.39 Å². The van der Waals surface area contributed by atoms with Gasteiger partial charge in [-0.15, -0.1) is 0 Å². The summed E-state index contributed by atoms with van der Waals surface area (Å²) in [5.74, 6) is -0.0944. The van der Waals surface area contributed by atoms with Gasteiger partial charge in [-0.1, -0.05) is 0 Å². The Kier molecular flexibility index (Phi) is 3.23. The first-order chi connectivity index (χ1) is 8.15. The van der Waals surface area contributed by atoms with Crippen LogP contribution in [0.15, 0.2) is 42.6 Å². The minimum atomic E-state index is -0.245. The van der Waals surface area contributed by atoms with Gasteiger partial charge < -0.3 is 10.0 Å². The van der Waals surface area contributed by atoms with Crippen molar-refractivity contribution in [1.29, 1.82) is 0 Å². The first-order valence-electron chi connectivity index (χ1n) is 5.26. The van der Waals surface area contributed by atoms with Crippen molar-refractivity contribution in [2.24, 2.45) is 0 Å². The molecule has 2 aromatic rings. The van der Waals surface area contributed by atoms with Crippen LogP contribution >= 0.6 is 0 Å². The molecular weight excluding hydrogens is 219 g/mol. The van der Waals surface area contributed by atoms with Crippen LogP contribution in [-0.2, 0) is 6.54 Å². The molecule has 1 N–H and O–H groups in total. The molecule has 0 saturated carbocycles. The molecule has 1 aromatic heterocycles. The summed E-state index contributed by atoms with van der Waals surface area (Å²) in [4.78, 5) is 6.05. The molecule has 1 heterocycles. The quantitative estimate of drug-likeness (QED) is 0.883. The molecule has 0 unspecified atom stereocenters. The van der Waals surface area contributed by atoms with E-state index in [0.717, 1.165) is 11.4 Å². The highest BCUT2D eigenvalue weighted by molar-refractivity contribution is 5.45. The molecule has 0 aliphatic rings. The van der Waals surface area contributed by atoms with Gasteiger partial charge in [0.25, 0.3) is 0 Å². The molecule has 3 nitrogen and oxygen atoms in total. The number of hydrogen-bond donors (Lipinski definition) is 1. The molecule has 0 spiro atoms. The van der Waals surface area contributed by atoms with Gasteiger partial charge in [-0.05, 0) is 36.4 Å². The summed E-state index contributed by atoms with van der Waals surface area (Å²) in [7, 11) is 1.90.